The van der Waals surface area contributed by atoms with Gasteiger partial charge < -0.3 is 10.4 Å². The Morgan fingerprint density at radius 2 is 1.85 bits per heavy atom. The van der Waals surface area contributed by atoms with Crippen LogP contribution in [-0.2, 0) is 6.42 Å². The minimum Gasteiger partial charge on any atom is -0.394 e. The van der Waals surface area contributed by atoms with Gasteiger partial charge in [-0.1, -0.05) is 54.9 Å². The van der Waals surface area contributed by atoms with Crippen molar-refractivity contribution in [3.8, 4) is 0 Å². The number of benzene rings is 2. The Morgan fingerprint density at radius 1 is 1.10 bits per heavy atom. The Balaban J connectivity index is 2.21. The zero-order valence-electron chi connectivity index (χ0n) is 11.6. The van der Waals surface area contributed by atoms with E-state index in [1.165, 1.54) is 5.56 Å². The number of halogens is 1. The van der Waals surface area contributed by atoms with Gasteiger partial charge in [-0.2, -0.15) is 0 Å². The maximum atomic E-state index is 9.87. The molecule has 0 saturated carbocycles. The molecule has 2 rings (SSSR count). The van der Waals surface area contributed by atoms with Crippen molar-refractivity contribution in [2.24, 2.45) is 0 Å². The quantitative estimate of drug-likeness (QED) is 0.838. The average molecular weight is 290 g/mol. The molecule has 20 heavy (non-hydrogen) atoms. The number of anilines is 1. The van der Waals surface area contributed by atoms with E-state index in [-0.39, 0.29) is 12.1 Å². The van der Waals surface area contributed by atoms with Crippen LogP contribution in [0.1, 0.15) is 18.9 Å². The molecule has 0 radical (unpaired) electrons. The molecule has 0 heterocycles. The largest absolute Gasteiger partial charge is 0.394 e. The second-order valence-electron chi connectivity index (χ2n) is 5.09. The first-order valence-electron chi connectivity index (χ1n) is 6.86. The Kier molecular flexibility index (Phi) is 5.05. The summed E-state index contributed by atoms with van der Waals surface area (Å²) >= 11 is 6.02. The summed E-state index contributed by atoms with van der Waals surface area (Å²) in [5, 5.41) is 14.0. The van der Waals surface area contributed by atoms with Crippen LogP contribution < -0.4 is 5.32 Å². The smallest absolute Gasteiger partial charge is 0.0664 e. The van der Waals surface area contributed by atoms with Crippen molar-refractivity contribution in [3.05, 3.63) is 65.2 Å². The van der Waals surface area contributed by atoms with Crippen LogP contribution in [-0.4, -0.2) is 17.3 Å². The highest BCUT2D eigenvalue weighted by Gasteiger charge is 2.27. The van der Waals surface area contributed by atoms with Gasteiger partial charge >= 0.3 is 0 Å². The summed E-state index contributed by atoms with van der Waals surface area (Å²) in [6, 6.07) is 17.8. The lowest BCUT2D eigenvalue weighted by Crippen LogP contribution is -2.43. The van der Waals surface area contributed by atoms with Crippen molar-refractivity contribution in [1.29, 1.82) is 0 Å². The van der Waals surface area contributed by atoms with Gasteiger partial charge in [0.15, 0.2) is 0 Å². The zero-order chi connectivity index (χ0) is 14.4. The maximum absolute atomic E-state index is 9.87. The highest BCUT2D eigenvalue weighted by molar-refractivity contribution is 6.30. The molecule has 1 unspecified atom stereocenters. The van der Waals surface area contributed by atoms with Gasteiger partial charge in [0.05, 0.1) is 12.1 Å². The molecule has 3 heteroatoms. The Labute approximate surface area is 125 Å². The fourth-order valence-corrected chi connectivity index (χ4v) is 2.51. The molecule has 0 bridgehead atoms. The van der Waals surface area contributed by atoms with E-state index >= 15 is 0 Å². The Bertz CT molecular complexity index is 538. The molecule has 1 atom stereocenters. The minimum absolute atomic E-state index is 0.0743. The summed E-state index contributed by atoms with van der Waals surface area (Å²) in [6.45, 7) is 2.15. The predicted molar refractivity (Wildman–Crippen MR) is 85.3 cm³/mol. The molecular formula is C17H20ClNO. The highest BCUT2D eigenvalue weighted by Crippen LogP contribution is 2.25. The Morgan fingerprint density at radius 3 is 2.45 bits per heavy atom. The Hall–Kier alpha value is -1.51. The molecule has 2 N–H and O–H groups in total. The van der Waals surface area contributed by atoms with E-state index in [4.69, 9.17) is 11.6 Å². The van der Waals surface area contributed by atoms with Crippen molar-refractivity contribution in [3.63, 3.8) is 0 Å². The third-order valence-electron chi connectivity index (χ3n) is 3.60. The molecule has 0 aliphatic carbocycles. The minimum atomic E-state index is -0.369. The monoisotopic (exact) mass is 289 g/mol. The SMILES string of the molecule is CCC(CO)(Cc1ccccc1)Nc1cccc(Cl)c1. The van der Waals surface area contributed by atoms with E-state index in [0.29, 0.717) is 5.02 Å². The average Bonchev–Trinajstić information content (AvgIpc) is 2.47. The van der Waals surface area contributed by atoms with Crippen molar-refractivity contribution in [2.75, 3.05) is 11.9 Å². The molecule has 0 aliphatic heterocycles. The number of aliphatic hydroxyl groups excluding tert-OH is 1. The van der Waals surface area contributed by atoms with E-state index in [0.717, 1.165) is 18.5 Å². The predicted octanol–water partition coefficient (Wildman–Crippen LogP) is 4.14. The van der Waals surface area contributed by atoms with Gasteiger partial charge in [0, 0.05) is 10.7 Å². The second-order valence-corrected chi connectivity index (χ2v) is 5.53. The molecule has 0 aromatic heterocycles. The van der Waals surface area contributed by atoms with Crippen molar-refractivity contribution in [1.82, 2.24) is 0 Å². The molecule has 0 aliphatic rings. The van der Waals surface area contributed by atoms with Crippen LogP contribution in [0.25, 0.3) is 0 Å². The normalized spacial score (nSPS) is 13.8. The van der Waals surface area contributed by atoms with Crippen LogP contribution in [0.3, 0.4) is 0 Å². The molecule has 0 saturated heterocycles. The van der Waals surface area contributed by atoms with E-state index in [9.17, 15) is 5.11 Å². The van der Waals surface area contributed by atoms with E-state index in [2.05, 4.69) is 24.4 Å². The van der Waals surface area contributed by atoms with Crippen molar-refractivity contribution < 1.29 is 5.11 Å². The first-order chi connectivity index (χ1) is 9.67. The molecule has 0 spiro atoms. The third kappa shape index (κ3) is 3.75. The van der Waals surface area contributed by atoms with Gasteiger partial charge in [-0.25, -0.2) is 0 Å². The van der Waals surface area contributed by atoms with Crippen LogP contribution in [0.5, 0.6) is 0 Å². The van der Waals surface area contributed by atoms with E-state index < -0.39 is 0 Å². The maximum Gasteiger partial charge on any atom is 0.0664 e. The first kappa shape index (κ1) is 14.9. The van der Waals surface area contributed by atoms with Gasteiger partial charge in [-0.3, -0.25) is 0 Å². The summed E-state index contributed by atoms with van der Waals surface area (Å²) in [5.41, 5.74) is 1.77. The van der Waals surface area contributed by atoms with Gasteiger partial charge in [-0.05, 0) is 36.6 Å². The van der Waals surface area contributed by atoms with Crippen molar-refractivity contribution in [2.45, 2.75) is 25.3 Å². The molecule has 2 aromatic carbocycles. The summed E-state index contributed by atoms with van der Waals surface area (Å²) in [7, 11) is 0. The van der Waals surface area contributed by atoms with Crippen LogP contribution in [0, 0.1) is 0 Å². The lowest BCUT2D eigenvalue weighted by molar-refractivity contribution is 0.205. The van der Waals surface area contributed by atoms with Gasteiger partial charge in [0.2, 0.25) is 0 Å². The summed E-state index contributed by atoms with van der Waals surface area (Å²) in [4.78, 5) is 0. The van der Waals surface area contributed by atoms with Crippen LogP contribution in [0.2, 0.25) is 5.02 Å². The summed E-state index contributed by atoms with van der Waals surface area (Å²) < 4.78 is 0. The lowest BCUT2D eigenvalue weighted by Gasteiger charge is -2.33. The molecule has 2 aromatic rings. The topological polar surface area (TPSA) is 32.3 Å². The zero-order valence-corrected chi connectivity index (χ0v) is 12.4. The lowest BCUT2D eigenvalue weighted by atomic mass is 9.88. The number of hydrogen-bond acceptors (Lipinski definition) is 2. The fraction of sp³-hybridized carbons (Fsp3) is 0.294. The van der Waals surface area contributed by atoms with Crippen LogP contribution in [0.15, 0.2) is 54.6 Å². The van der Waals surface area contributed by atoms with Crippen LogP contribution >= 0.6 is 11.6 Å². The van der Waals surface area contributed by atoms with Gasteiger partial charge in [0.25, 0.3) is 0 Å². The first-order valence-corrected chi connectivity index (χ1v) is 7.24. The van der Waals surface area contributed by atoms with Gasteiger partial charge in [-0.15, -0.1) is 0 Å². The number of aliphatic hydroxyl groups is 1. The van der Waals surface area contributed by atoms with Gasteiger partial charge in [0.1, 0.15) is 0 Å². The van der Waals surface area contributed by atoms with E-state index in [1.807, 2.05) is 42.5 Å². The highest BCUT2D eigenvalue weighted by atomic mass is 35.5. The third-order valence-corrected chi connectivity index (χ3v) is 3.83. The number of hydrogen-bond donors (Lipinski definition) is 2. The van der Waals surface area contributed by atoms with E-state index in [1.54, 1.807) is 0 Å². The summed E-state index contributed by atoms with van der Waals surface area (Å²) in [6.07, 6.45) is 1.60. The second kappa shape index (κ2) is 6.78. The standard InChI is InChI=1S/C17H20ClNO/c1-2-17(13-20,12-14-7-4-3-5-8-14)19-16-10-6-9-15(18)11-16/h3-11,19-20H,2,12-13H2,1H3. The summed E-state index contributed by atoms with van der Waals surface area (Å²) in [5.74, 6) is 0. The molecule has 106 valence electrons. The fourth-order valence-electron chi connectivity index (χ4n) is 2.32. The van der Waals surface area contributed by atoms with Crippen LogP contribution in [0.4, 0.5) is 5.69 Å². The van der Waals surface area contributed by atoms with Crippen molar-refractivity contribution >= 4 is 17.3 Å². The molecule has 0 fully saturated rings. The molecular weight excluding hydrogens is 270 g/mol. The molecule has 0 amide bonds. The number of rotatable bonds is 6. The number of nitrogens with one attached hydrogen (secondary N) is 1. The molecule has 2 nitrogen and oxygen atoms in total.